The number of anilines is 1. The van der Waals surface area contributed by atoms with Gasteiger partial charge in [-0.25, -0.2) is 0 Å². The highest BCUT2D eigenvalue weighted by Gasteiger charge is 2.16. The molecule has 3 heteroatoms. The normalized spacial score (nSPS) is 14.1. The Morgan fingerprint density at radius 3 is 3.07 bits per heavy atom. The van der Waals surface area contributed by atoms with Crippen LogP contribution in [-0.4, -0.2) is 33.0 Å². The van der Waals surface area contributed by atoms with Gasteiger partial charge in [0.1, 0.15) is 0 Å². The lowest BCUT2D eigenvalue weighted by Gasteiger charge is -2.11. The molecule has 0 bridgehead atoms. The van der Waals surface area contributed by atoms with Gasteiger partial charge in [-0.15, -0.1) is 0 Å². The van der Waals surface area contributed by atoms with Crippen LogP contribution in [0.1, 0.15) is 15.9 Å². The van der Waals surface area contributed by atoms with E-state index in [0.717, 1.165) is 18.5 Å². The zero-order chi connectivity index (χ0) is 10.8. The molecule has 1 aromatic rings. The number of carbonyl (C=O) groups excluding carboxylic acids is 1. The SMILES string of the molecule is CNCC(=O)c1ccc2c(c1)CCN2C. The van der Waals surface area contributed by atoms with E-state index in [1.165, 1.54) is 11.3 Å². The minimum Gasteiger partial charge on any atom is -0.374 e. The van der Waals surface area contributed by atoms with E-state index in [-0.39, 0.29) is 5.78 Å². The van der Waals surface area contributed by atoms with Crippen LogP contribution in [-0.2, 0) is 6.42 Å². The van der Waals surface area contributed by atoms with Gasteiger partial charge in [0.2, 0.25) is 0 Å². The maximum Gasteiger partial charge on any atom is 0.176 e. The fourth-order valence-electron chi connectivity index (χ4n) is 2.00. The summed E-state index contributed by atoms with van der Waals surface area (Å²) in [6.07, 6.45) is 1.05. The lowest BCUT2D eigenvalue weighted by Crippen LogP contribution is -2.18. The highest BCUT2D eigenvalue weighted by Crippen LogP contribution is 2.27. The van der Waals surface area contributed by atoms with E-state index in [2.05, 4.69) is 17.3 Å². The van der Waals surface area contributed by atoms with Crippen molar-refractivity contribution in [1.29, 1.82) is 0 Å². The topological polar surface area (TPSA) is 32.3 Å². The number of benzene rings is 1. The number of nitrogens with one attached hydrogen (secondary N) is 1. The predicted octanol–water partition coefficient (Wildman–Crippen LogP) is 1.08. The van der Waals surface area contributed by atoms with Gasteiger partial charge in [-0.2, -0.15) is 0 Å². The molecule has 15 heavy (non-hydrogen) atoms. The summed E-state index contributed by atoms with van der Waals surface area (Å²) in [4.78, 5) is 13.9. The van der Waals surface area contributed by atoms with Crippen LogP contribution in [0.25, 0.3) is 0 Å². The van der Waals surface area contributed by atoms with Crippen molar-refractivity contribution in [3.63, 3.8) is 0 Å². The summed E-state index contributed by atoms with van der Waals surface area (Å²) in [6.45, 7) is 1.47. The summed E-state index contributed by atoms with van der Waals surface area (Å²) in [7, 11) is 3.87. The fourth-order valence-corrected chi connectivity index (χ4v) is 2.00. The first-order valence-corrected chi connectivity index (χ1v) is 5.24. The second kappa shape index (κ2) is 4.03. The minimum absolute atomic E-state index is 0.162. The molecule has 1 heterocycles. The number of Topliss-reactive ketones (excluding diaryl/α,β-unsaturated/α-hetero) is 1. The molecule has 80 valence electrons. The third-order valence-electron chi connectivity index (χ3n) is 2.87. The standard InChI is InChI=1S/C12H16N2O/c1-13-8-12(15)10-3-4-11-9(7-10)5-6-14(11)2/h3-4,7,13H,5-6,8H2,1-2H3. The lowest BCUT2D eigenvalue weighted by atomic mass is 10.1. The first-order chi connectivity index (χ1) is 7.22. The smallest absolute Gasteiger partial charge is 0.176 e. The van der Waals surface area contributed by atoms with E-state index in [1.54, 1.807) is 7.05 Å². The van der Waals surface area contributed by atoms with Crippen molar-refractivity contribution in [1.82, 2.24) is 5.32 Å². The van der Waals surface area contributed by atoms with E-state index >= 15 is 0 Å². The summed E-state index contributed by atoms with van der Waals surface area (Å²) < 4.78 is 0. The van der Waals surface area contributed by atoms with Crippen LogP contribution in [0.15, 0.2) is 18.2 Å². The molecule has 0 saturated carbocycles. The van der Waals surface area contributed by atoms with Crippen LogP contribution in [0.2, 0.25) is 0 Å². The molecule has 1 aromatic carbocycles. The van der Waals surface area contributed by atoms with Gasteiger partial charge in [0.25, 0.3) is 0 Å². The van der Waals surface area contributed by atoms with Crippen LogP contribution in [0.4, 0.5) is 5.69 Å². The van der Waals surface area contributed by atoms with E-state index in [0.29, 0.717) is 6.54 Å². The molecule has 1 aliphatic rings. The summed E-state index contributed by atoms with van der Waals surface area (Å²) in [5.74, 6) is 0.162. The van der Waals surface area contributed by atoms with Gasteiger partial charge in [0, 0.05) is 24.8 Å². The van der Waals surface area contributed by atoms with Gasteiger partial charge in [0.15, 0.2) is 5.78 Å². The molecule has 2 rings (SSSR count). The molecule has 1 N–H and O–H groups in total. The van der Waals surface area contributed by atoms with Crippen molar-refractivity contribution in [3.8, 4) is 0 Å². The number of hydrogen-bond acceptors (Lipinski definition) is 3. The van der Waals surface area contributed by atoms with Gasteiger partial charge in [0.05, 0.1) is 6.54 Å². The summed E-state index contributed by atoms with van der Waals surface area (Å²) in [6, 6.07) is 5.99. The van der Waals surface area contributed by atoms with Crippen molar-refractivity contribution in [2.75, 3.05) is 32.1 Å². The van der Waals surface area contributed by atoms with Crippen molar-refractivity contribution in [2.45, 2.75) is 6.42 Å². The average Bonchev–Trinajstić information content (AvgIpc) is 2.60. The maximum absolute atomic E-state index is 11.6. The molecule has 0 radical (unpaired) electrons. The quantitative estimate of drug-likeness (QED) is 0.748. The molecular weight excluding hydrogens is 188 g/mol. The Morgan fingerprint density at radius 1 is 1.53 bits per heavy atom. The Bertz CT molecular complexity index is 387. The molecule has 0 unspecified atom stereocenters. The van der Waals surface area contributed by atoms with Crippen molar-refractivity contribution < 1.29 is 4.79 Å². The first-order valence-electron chi connectivity index (χ1n) is 5.24. The molecule has 0 aliphatic carbocycles. The molecule has 0 amide bonds. The summed E-state index contributed by atoms with van der Waals surface area (Å²) in [5.41, 5.74) is 3.37. The fraction of sp³-hybridized carbons (Fsp3) is 0.417. The minimum atomic E-state index is 0.162. The number of carbonyl (C=O) groups is 1. The van der Waals surface area contributed by atoms with Crippen LogP contribution in [0.3, 0.4) is 0 Å². The number of likely N-dealkylation sites (N-methyl/N-ethyl adjacent to an activating group) is 2. The van der Waals surface area contributed by atoms with E-state index in [1.807, 2.05) is 18.2 Å². The van der Waals surface area contributed by atoms with E-state index in [9.17, 15) is 4.79 Å². The molecule has 3 nitrogen and oxygen atoms in total. The zero-order valence-electron chi connectivity index (χ0n) is 9.21. The molecule has 0 spiro atoms. The van der Waals surface area contributed by atoms with Crippen molar-refractivity contribution in [3.05, 3.63) is 29.3 Å². The van der Waals surface area contributed by atoms with Crippen LogP contribution >= 0.6 is 0 Å². The molecule has 1 aliphatic heterocycles. The molecule has 0 aromatic heterocycles. The summed E-state index contributed by atoms with van der Waals surface area (Å²) in [5, 5.41) is 2.88. The van der Waals surface area contributed by atoms with Gasteiger partial charge in [-0.1, -0.05) is 0 Å². The van der Waals surface area contributed by atoms with Gasteiger partial charge < -0.3 is 10.2 Å². The number of ketones is 1. The summed E-state index contributed by atoms with van der Waals surface area (Å²) >= 11 is 0. The Labute approximate surface area is 90.1 Å². The number of hydrogen-bond donors (Lipinski definition) is 1. The maximum atomic E-state index is 11.6. The third kappa shape index (κ3) is 1.88. The van der Waals surface area contributed by atoms with Crippen molar-refractivity contribution >= 4 is 11.5 Å². The van der Waals surface area contributed by atoms with Crippen LogP contribution < -0.4 is 10.2 Å². The van der Waals surface area contributed by atoms with Crippen LogP contribution in [0.5, 0.6) is 0 Å². The lowest BCUT2D eigenvalue weighted by molar-refractivity contribution is 0.0993. The largest absolute Gasteiger partial charge is 0.374 e. The molecule has 0 fully saturated rings. The Hall–Kier alpha value is -1.35. The monoisotopic (exact) mass is 204 g/mol. The highest BCUT2D eigenvalue weighted by molar-refractivity contribution is 5.98. The highest BCUT2D eigenvalue weighted by atomic mass is 16.1. The van der Waals surface area contributed by atoms with E-state index < -0.39 is 0 Å². The molecular formula is C12H16N2O. The predicted molar refractivity (Wildman–Crippen MR) is 61.7 cm³/mol. The number of rotatable bonds is 3. The average molecular weight is 204 g/mol. The number of fused-ring (bicyclic) bond motifs is 1. The Morgan fingerprint density at radius 2 is 2.33 bits per heavy atom. The first kappa shape index (κ1) is 10.2. The third-order valence-corrected chi connectivity index (χ3v) is 2.87. The van der Waals surface area contributed by atoms with Crippen LogP contribution in [0, 0.1) is 0 Å². The Balaban J connectivity index is 2.27. The van der Waals surface area contributed by atoms with E-state index in [4.69, 9.17) is 0 Å². The Kier molecular flexibility index (Phi) is 2.73. The van der Waals surface area contributed by atoms with Gasteiger partial charge in [-0.05, 0) is 37.2 Å². The van der Waals surface area contributed by atoms with Gasteiger partial charge in [-0.3, -0.25) is 4.79 Å². The molecule has 0 saturated heterocycles. The second-order valence-corrected chi connectivity index (χ2v) is 3.97. The molecule has 0 atom stereocenters. The zero-order valence-corrected chi connectivity index (χ0v) is 9.21. The van der Waals surface area contributed by atoms with Crippen molar-refractivity contribution in [2.24, 2.45) is 0 Å². The number of nitrogens with zero attached hydrogens (tertiary/aromatic N) is 1. The second-order valence-electron chi connectivity index (χ2n) is 3.97. The van der Waals surface area contributed by atoms with Gasteiger partial charge >= 0.3 is 0 Å².